The summed E-state index contributed by atoms with van der Waals surface area (Å²) >= 11 is 0. The van der Waals surface area contributed by atoms with Crippen molar-refractivity contribution < 1.29 is 9.15 Å². The summed E-state index contributed by atoms with van der Waals surface area (Å²) < 4.78 is 10.6. The van der Waals surface area contributed by atoms with E-state index in [1.54, 1.807) is 7.11 Å². The second-order valence-electron chi connectivity index (χ2n) is 4.27. The zero-order valence-electron chi connectivity index (χ0n) is 9.72. The van der Waals surface area contributed by atoms with Gasteiger partial charge in [0.25, 0.3) is 0 Å². The van der Waals surface area contributed by atoms with Crippen LogP contribution in [0, 0.1) is 5.92 Å². The summed E-state index contributed by atoms with van der Waals surface area (Å²) in [6.45, 7) is 4.46. The van der Waals surface area contributed by atoms with Crippen LogP contribution in [0.4, 0.5) is 6.01 Å². The third-order valence-electron chi connectivity index (χ3n) is 2.78. The van der Waals surface area contributed by atoms with Crippen LogP contribution in [0.3, 0.4) is 0 Å². The molecule has 90 valence electrons. The molecule has 1 fully saturated rings. The normalized spacial score (nSPS) is 22.7. The van der Waals surface area contributed by atoms with Gasteiger partial charge in [-0.05, 0) is 13.3 Å². The predicted molar refractivity (Wildman–Crippen MR) is 59.1 cm³/mol. The van der Waals surface area contributed by atoms with Gasteiger partial charge in [0.2, 0.25) is 5.89 Å². The van der Waals surface area contributed by atoms with E-state index >= 15 is 0 Å². The minimum absolute atomic E-state index is 0.210. The van der Waals surface area contributed by atoms with Gasteiger partial charge in [0.1, 0.15) is 0 Å². The summed E-state index contributed by atoms with van der Waals surface area (Å²) in [6.07, 6.45) is 1.10. The molecule has 0 bridgehead atoms. The molecule has 1 aliphatic heterocycles. The molecule has 0 saturated carbocycles. The molecule has 2 heterocycles. The van der Waals surface area contributed by atoms with Crippen LogP contribution in [0.25, 0.3) is 0 Å². The Labute approximate surface area is 94.8 Å². The first-order valence-corrected chi connectivity index (χ1v) is 5.53. The van der Waals surface area contributed by atoms with Gasteiger partial charge in [-0.3, -0.25) is 0 Å². The molecule has 2 atom stereocenters. The van der Waals surface area contributed by atoms with Gasteiger partial charge in [-0.25, -0.2) is 0 Å². The minimum atomic E-state index is -0.210. The summed E-state index contributed by atoms with van der Waals surface area (Å²) in [5, 5.41) is 7.92. The molecule has 1 saturated heterocycles. The van der Waals surface area contributed by atoms with Crippen molar-refractivity contribution >= 4 is 6.01 Å². The van der Waals surface area contributed by atoms with E-state index in [4.69, 9.17) is 14.9 Å². The minimum Gasteiger partial charge on any atom is -0.406 e. The number of anilines is 1. The van der Waals surface area contributed by atoms with Crippen molar-refractivity contribution in [2.45, 2.75) is 19.4 Å². The van der Waals surface area contributed by atoms with Crippen LogP contribution in [0.1, 0.15) is 25.3 Å². The Balaban J connectivity index is 1.97. The van der Waals surface area contributed by atoms with E-state index in [1.807, 2.05) is 6.92 Å². The molecule has 0 amide bonds. The van der Waals surface area contributed by atoms with Gasteiger partial charge in [-0.1, -0.05) is 5.10 Å². The number of methoxy groups -OCH3 is 1. The lowest BCUT2D eigenvalue weighted by Gasteiger charge is -2.12. The summed E-state index contributed by atoms with van der Waals surface area (Å²) in [7, 11) is 1.73. The quantitative estimate of drug-likeness (QED) is 0.808. The highest BCUT2D eigenvalue weighted by atomic mass is 16.5. The number of ether oxygens (including phenoxy) is 1. The fourth-order valence-electron chi connectivity index (χ4n) is 1.92. The number of nitrogens with zero attached hydrogens (tertiary/aromatic N) is 3. The van der Waals surface area contributed by atoms with Crippen LogP contribution in [-0.2, 0) is 4.74 Å². The lowest BCUT2D eigenvalue weighted by molar-refractivity contribution is 0.160. The Bertz CT molecular complexity index is 339. The maximum atomic E-state index is 5.67. The molecule has 2 N–H and O–H groups in total. The molecule has 16 heavy (non-hydrogen) atoms. The third-order valence-corrected chi connectivity index (χ3v) is 2.78. The van der Waals surface area contributed by atoms with E-state index in [-0.39, 0.29) is 6.04 Å². The van der Waals surface area contributed by atoms with Crippen LogP contribution in [0.15, 0.2) is 4.42 Å². The van der Waals surface area contributed by atoms with E-state index in [1.165, 1.54) is 0 Å². The molecular formula is C10H18N4O2. The average molecular weight is 226 g/mol. The number of aromatic nitrogens is 2. The second kappa shape index (κ2) is 4.80. The second-order valence-corrected chi connectivity index (χ2v) is 4.27. The Morgan fingerprint density at radius 3 is 3.06 bits per heavy atom. The highest BCUT2D eigenvalue weighted by Crippen LogP contribution is 2.23. The van der Waals surface area contributed by atoms with Crippen molar-refractivity contribution in [3.63, 3.8) is 0 Å². The van der Waals surface area contributed by atoms with Gasteiger partial charge in [0.05, 0.1) is 12.6 Å². The number of rotatable bonds is 4. The van der Waals surface area contributed by atoms with Gasteiger partial charge in [0.15, 0.2) is 0 Å². The topological polar surface area (TPSA) is 77.4 Å². The third kappa shape index (κ3) is 2.33. The van der Waals surface area contributed by atoms with Crippen molar-refractivity contribution in [1.29, 1.82) is 0 Å². The van der Waals surface area contributed by atoms with Gasteiger partial charge in [-0.2, -0.15) is 0 Å². The van der Waals surface area contributed by atoms with Crippen molar-refractivity contribution in [2.24, 2.45) is 11.7 Å². The average Bonchev–Trinajstić information content (AvgIpc) is 2.84. The van der Waals surface area contributed by atoms with E-state index in [2.05, 4.69) is 15.1 Å². The highest BCUT2D eigenvalue weighted by Gasteiger charge is 2.26. The van der Waals surface area contributed by atoms with Gasteiger partial charge >= 0.3 is 6.01 Å². The first-order valence-electron chi connectivity index (χ1n) is 5.53. The number of hydrogen-bond donors (Lipinski definition) is 1. The molecule has 1 aromatic heterocycles. The Hall–Kier alpha value is -1.14. The predicted octanol–water partition coefficient (Wildman–Crippen LogP) is 0.562. The standard InChI is InChI=1S/C10H18N4O2/c1-7(11)9-12-13-10(16-9)14-4-3-8(5-14)6-15-2/h7-8H,3-6,11H2,1-2H3. The lowest BCUT2D eigenvalue weighted by Crippen LogP contribution is -2.21. The Morgan fingerprint density at radius 2 is 2.44 bits per heavy atom. The first-order chi connectivity index (χ1) is 7.70. The Kier molecular flexibility index (Phi) is 3.40. The lowest BCUT2D eigenvalue weighted by atomic mass is 10.1. The first kappa shape index (κ1) is 11.3. The Morgan fingerprint density at radius 1 is 1.62 bits per heavy atom. The molecule has 0 aliphatic carbocycles. The van der Waals surface area contributed by atoms with E-state index in [9.17, 15) is 0 Å². The molecule has 0 aromatic carbocycles. The summed E-state index contributed by atoms with van der Waals surface area (Å²) in [4.78, 5) is 2.09. The van der Waals surface area contributed by atoms with E-state index in [0.717, 1.165) is 26.1 Å². The molecule has 6 heteroatoms. The molecule has 2 rings (SSSR count). The van der Waals surface area contributed by atoms with Crippen LogP contribution in [-0.4, -0.2) is 37.0 Å². The molecule has 1 aromatic rings. The van der Waals surface area contributed by atoms with Crippen molar-refractivity contribution in [2.75, 3.05) is 31.7 Å². The van der Waals surface area contributed by atoms with Crippen LogP contribution >= 0.6 is 0 Å². The van der Waals surface area contributed by atoms with Gasteiger partial charge < -0.3 is 19.8 Å². The molecule has 1 aliphatic rings. The fourth-order valence-corrected chi connectivity index (χ4v) is 1.92. The van der Waals surface area contributed by atoms with Crippen molar-refractivity contribution in [1.82, 2.24) is 10.2 Å². The van der Waals surface area contributed by atoms with Crippen LogP contribution < -0.4 is 10.6 Å². The summed E-state index contributed by atoms with van der Waals surface area (Å²) in [6, 6.07) is 0.365. The van der Waals surface area contributed by atoms with E-state index in [0.29, 0.717) is 17.8 Å². The molecule has 0 spiro atoms. The molecule has 6 nitrogen and oxygen atoms in total. The maximum Gasteiger partial charge on any atom is 0.318 e. The smallest absolute Gasteiger partial charge is 0.318 e. The maximum absolute atomic E-state index is 5.67. The van der Waals surface area contributed by atoms with E-state index < -0.39 is 0 Å². The molecule has 2 unspecified atom stereocenters. The monoisotopic (exact) mass is 226 g/mol. The molecular weight excluding hydrogens is 208 g/mol. The van der Waals surface area contributed by atoms with Crippen molar-refractivity contribution in [3.8, 4) is 0 Å². The number of nitrogens with two attached hydrogens (primary N) is 1. The van der Waals surface area contributed by atoms with Gasteiger partial charge in [-0.15, -0.1) is 5.10 Å². The van der Waals surface area contributed by atoms with Crippen LogP contribution in [0.5, 0.6) is 0 Å². The zero-order valence-corrected chi connectivity index (χ0v) is 9.72. The fraction of sp³-hybridized carbons (Fsp3) is 0.800. The summed E-state index contributed by atoms with van der Waals surface area (Å²) in [5.74, 6) is 1.04. The SMILES string of the molecule is COCC1CCN(c2nnc(C(C)N)o2)C1. The van der Waals surface area contributed by atoms with Crippen LogP contribution in [0.2, 0.25) is 0 Å². The summed E-state index contributed by atoms with van der Waals surface area (Å²) in [5.41, 5.74) is 5.67. The highest BCUT2D eigenvalue weighted by molar-refractivity contribution is 5.26. The largest absolute Gasteiger partial charge is 0.406 e. The van der Waals surface area contributed by atoms with Crippen molar-refractivity contribution in [3.05, 3.63) is 5.89 Å². The van der Waals surface area contributed by atoms with Gasteiger partial charge in [0, 0.05) is 26.1 Å². The zero-order chi connectivity index (χ0) is 11.5. The number of hydrogen-bond acceptors (Lipinski definition) is 6. The molecule has 0 radical (unpaired) electrons.